The lowest BCUT2D eigenvalue weighted by atomic mass is 10.2. The van der Waals surface area contributed by atoms with Gasteiger partial charge in [-0.3, -0.25) is 0 Å². The third-order valence-electron chi connectivity index (χ3n) is 3.62. The molecule has 4 nitrogen and oxygen atoms in total. The van der Waals surface area contributed by atoms with Crippen LogP contribution >= 0.6 is 0 Å². The highest BCUT2D eigenvalue weighted by Gasteiger charge is 2.10. The first-order valence-electron chi connectivity index (χ1n) is 7.10. The number of likely N-dealkylation sites (tertiary alicyclic amines) is 1. The van der Waals surface area contributed by atoms with E-state index in [4.69, 9.17) is 0 Å². The Kier molecular flexibility index (Phi) is 3.89. The van der Waals surface area contributed by atoms with Gasteiger partial charge in [-0.25, -0.2) is 9.97 Å². The lowest BCUT2D eigenvalue weighted by Gasteiger charge is -2.14. The minimum absolute atomic E-state index is 0.736. The van der Waals surface area contributed by atoms with E-state index in [0.717, 1.165) is 29.8 Å². The Labute approximate surface area is 113 Å². The van der Waals surface area contributed by atoms with Crippen molar-refractivity contribution in [2.24, 2.45) is 0 Å². The van der Waals surface area contributed by atoms with Crippen molar-refractivity contribution in [1.29, 1.82) is 0 Å². The molecule has 1 aliphatic heterocycles. The summed E-state index contributed by atoms with van der Waals surface area (Å²) in [6.45, 7) is 4.66. The average molecular weight is 256 g/mol. The van der Waals surface area contributed by atoms with Crippen LogP contribution in [0.1, 0.15) is 19.3 Å². The van der Waals surface area contributed by atoms with E-state index in [0.29, 0.717) is 0 Å². The molecule has 2 heterocycles. The van der Waals surface area contributed by atoms with E-state index in [1.54, 1.807) is 0 Å². The van der Waals surface area contributed by atoms with E-state index in [9.17, 15) is 0 Å². The van der Waals surface area contributed by atoms with Gasteiger partial charge < -0.3 is 10.2 Å². The maximum Gasteiger partial charge on any atom is 0.223 e. The third-order valence-corrected chi connectivity index (χ3v) is 3.62. The van der Waals surface area contributed by atoms with Crippen LogP contribution < -0.4 is 5.32 Å². The number of nitrogens with zero attached hydrogens (tertiary/aromatic N) is 3. The van der Waals surface area contributed by atoms with Gasteiger partial charge in [0.05, 0.1) is 5.52 Å². The van der Waals surface area contributed by atoms with Gasteiger partial charge in [-0.1, -0.05) is 18.2 Å². The first-order chi connectivity index (χ1) is 9.42. The Morgan fingerprint density at radius 1 is 1.16 bits per heavy atom. The van der Waals surface area contributed by atoms with Crippen molar-refractivity contribution in [1.82, 2.24) is 14.9 Å². The Hall–Kier alpha value is -1.68. The molecule has 1 aromatic heterocycles. The van der Waals surface area contributed by atoms with Gasteiger partial charge in [0.1, 0.15) is 0 Å². The zero-order valence-corrected chi connectivity index (χ0v) is 11.2. The highest BCUT2D eigenvalue weighted by atomic mass is 15.1. The molecule has 0 radical (unpaired) electrons. The summed E-state index contributed by atoms with van der Waals surface area (Å²) in [4.78, 5) is 11.4. The number of aromatic nitrogens is 2. The predicted octanol–water partition coefficient (Wildman–Crippen LogP) is 2.53. The smallest absolute Gasteiger partial charge is 0.223 e. The van der Waals surface area contributed by atoms with E-state index in [-0.39, 0.29) is 0 Å². The lowest BCUT2D eigenvalue weighted by molar-refractivity contribution is 0.337. The summed E-state index contributed by atoms with van der Waals surface area (Å²) in [5.74, 6) is 0.736. The Bertz CT molecular complexity index is 534. The highest BCUT2D eigenvalue weighted by Crippen LogP contribution is 2.12. The van der Waals surface area contributed by atoms with Gasteiger partial charge in [0.25, 0.3) is 0 Å². The minimum atomic E-state index is 0.736. The number of para-hydroxylation sites is 1. The normalized spacial score (nSPS) is 16.0. The molecule has 1 fully saturated rings. The molecule has 1 aliphatic rings. The summed E-state index contributed by atoms with van der Waals surface area (Å²) < 4.78 is 0. The fourth-order valence-corrected chi connectivity index (χ4v) is 2.57. The van der Waals surface area contributed by atoms with Crippen molar-refractivity contribution in [2.45, 2.75) is 19.3 Å². The molecule has 3 rings (SSSR count). The lowest BCUT2D eigenvalue weighted by Crippen LogP contribution is -2.22. The Morgan fingerprint density at radius 3 is 2.89 bits per heavy atom. The summed E-state index contributed by atoms with van der Waals surface area (Å²) in [6, 6.07) is 8.07. The molecule has 0 amide bonds. The molecule has 0 atom stereocenters. The highest BCUT2D eigenvalue weighted by molar-refractivity contribution is 5.78. The molecule has 100 valence electrons. The molecule has 0 spiro atoms. The predicted molar refractivity (Wildman–Crippen MR) is 78.3 cm³/mol. The first kappa shape index (κ1) is 12.4. The second-order valence-electron chi connectivity index (χ2n) is 5.08. The van der Waals surface area contributed by atoms with Crippen LogP contribution in [-0.2, 0) is 0 Å². The van der Waals surface area contributed by atoms with Crippen molar-refractivity contribution in [3.05, 3.63) is 30.5 Å². The second kappa shape index (κ2) is 5.97. The van der Waals surface area contributed by atoms with Crippen LogP contribution in [0.4, 0.5) is 5.95 Å². The number of rotatable bonds is 5. The maximum absolute atomic E-state index is 4.51. The van der Waals surface area contributed by atoms with Crippen LogP contribution in [-0.4, -0.2) is 41.0 Å². The first-order valence-corrected chi connectivity index (χ1v) is 7.10. The van der Waals surface area contributed by atoms with Crippen molar-refractivity contribution in [3.63, 3.8) is 0 Å². The molecule has 0 unspecified atom stereocenters. The minimum Gasteiger partial charge on any atom is -0.354 e. The molecule has 0 saturated carbocycles. The largest absolute Gasteiger partial charge is 0.354 e. The fraction of sp³-hybridized carbons (Fsp3) is 0.467. The van der Waals surface area contributed by atoms with Crippen molar-refractivity contribution in [3.8, 4) is 0 Å². The summed E-state index contributed by atoms with van der Waals surface area (Å²) in [7, 11) is 0. The molecule has 1 N–H and O–H groups in total. The standard InChI is InChI=1S/C15H20N4/c1-2-7-14-13(6-1)12-17-15(18-14)16-8-5-11-19-9-3-4-10-19/h1-2,6-7,12H,3-5,8-11H2,(H,16,17,18). The summed E-state index contributed by atoms with van der Waals surface area (Å²) >= 11 is 0. The zero-order valence-electron chi connectivity index (χ0n) is 11.2. The summed E-state index contributed by atoms with van der Waals surface area (Å²) in [5.41, 5.74) is 1.000. The molecule has 1 aromatic carbocycles. The summed E-state index contributed by atoms with van der Waals surface area (Å²) in [5, 5.41) is 4.40. The van der Waals surface area contributed by atoms with Gasteiger partial charge in [-0.05, 0) is 45.0 Å². The number of benzene rings is 1. The van der Waals surface area contributed by atoms with Gasteiger partial charge >= 0.3 is 0 Å². The second-order valence-corrected chi connectivity index (χ2v) is 5.08. The van der Waals surface area contributed by atoms with Crippen LogP contribution in [0.25, 0.3) is 10.9 Å². The Balaban J connectivity index is 1.50. The van der Waals surface area contributed by atoms with Crippen LogP contribution in [0.3, 0.4) is 0 Å². The molecule has 4 heteroatoms. The van der Waals surface area contributed by atoms with Crippen LogP contribution in [0.2, 0.25) is 0 Å². The van der Waals surface area contributed by atoms with Gasteiger partial charge in [-0.15, -0.1) is 0 Å². The van der Waals surface area contributed by atoms with Crippen LogP contribution in [0.15, 0.2) is 30.5 Å². The molecule has 2 aromatic rings. The topological polar surface area (TPSA) is 41.1 Å². The van der Waals surface area contributed by atoms with E-state index >= 15 is 0 Å². The zero-order chi connectivity index (χ0) is 12.9. The fourth-order valence-electron chi connectivity index (χ4n) is 2.57. The van der Waals surface area contributed by atoms with Crippen LogP contribution in [0, 0.1) is 0 Å². The van der Waals surface area contributed by atoms with Gasteiger partial charge in [0.2, 0.25) is 5.95 Å². The van der Waals surface area contributed by atoms with Crippen LogP contribution in [0.5, 0.6) is 0 Å². The van der Waals surface area contributed by atoms with Gasteiger partial charge in [0, 0.05) is 18.1 Å². The van der Waals surface area contributed by atoms with Crippen molar-refractivity contribution in [2.75, 3.05) is 31.5 Å². The number of hydrogen-bond acceptors (Lipinski definition) is 4. The van der Waals surface area contributed by atoms with Crippen molar-refractivity contribution >= 4 is 16.9 Å². The number of hydrogen-bond donors (Lipinski definition) is 1. The van der Waals surface area contributed by atoms with Gasteiger partial charge in [0.15, 0.2) is 0 Å². The van der Waals surface area contributed by atoms with E-state index in [1.807, 2.05) is 30.5 Å². The SMILES string of the molecule is c1ccc2nc(NCCCN3CCCC3)ncc2c1. The Morgan fingerprint density at radius 2 is 2.00 bits per heavy atom. The van der Waals surface area contributed by atoms with E-state index < -0.39 is 0 Å². The molecule has 19 heavy (non-hydrogen) atoms. The number of anilines is 1. The number of nitrogens with one attached hydrogen (secondary N) is 1. The molecular weight excluding hydrogens is 236 g/mol. The third kappa shape index (κ3) is 3.20. The molecule has 0 bridgehead atoms. The van der Waals surface area contributed by atoms with Crippen molar-refractivity contribution < 1.29 is 0 Å². The molecule has 0 aliphatic carbocycles. The van der Waals surface area contributed by atoms with Gasteiger partial charge in [-0.2, -0.15) is 0 Å². The quantitative estimate of drug-likeness (QED) is 0.835. The molecule has 1 saturated heterocycles. The number of fused-ring (bicyclic) bond motifs is 1. The maximum atomic E-state index is 4.51. The van der Waals surface area contributed by atoms with E-state index in [1.165, 1.54) is 32.5 Å². The summed E-state index contributed by atoms with van der Waals surface area (Å²) in [6.07, 6.45) is 5.75. The molecular formula is C15H20N4. The monoisotopic (exact) mass is 256 g/mol. The van der Waals surface area contributed by atoms with E-state index in [2.05, 4.69) is 20.2 Å². The average Bonchev–Trinajstić information content (AvgIpc) is 2.97.